The van der Waals surface area contributed by atoms with Gasteiger partial charge >= 0.3 is 0 Å². The Labute approximate surface area is 126 Å². The molecule has 1 heterocycles. The van der Waals surface area contributed by atoms with Gasteiger partial charge < -0.3 is 16.2 Å². The fourth-order valence-corrected chi connectivity index (χ4v) is 2.71. The molecule has 2 rings (SSSR count). The quantitative estimate of drug-likeness (QED) is 0.788. The number of piperidine rings is 1. The van der Waals surface area contributed by atoms with E-state index in [2.05, 4.69) is 4.90 Å². The maximum Gasteiger partial charge on any atom is 0.217 e. The molecule has 1 amide bonds. The van der Waals surface area contributed by atoms with Crippen molar-refractivity contribution < 1.29 is 9.53 Å². The third-order valence-corrected chi connectivity index (χ3v) is 4.03. The maximum atomic E-state index is 10.9. The van der Waals surface area contributed by atoms with Gasteiger partial charge in [0, 0.05) is 19.5 Å². The molecule has 4 N–H and O–H groups in total. The minimum absolute atomic E-state index is 0.183. The Morgan fingerprint density at radius 3 is 2.48 bits per heavy atom. The van der Waals surface area contributed by atoms with Crippen LogP contribution >= 0.6 is 0 Å². The van der Waals surface area contributed by atoms with Gasteiger partial charge in [-0.1, -0.05) is 12.1 Å². The predicted octanol–water partition coefficient (Wildman–Crippen LogP) is 1.11. The van der Waals surface area contributed by atoms with Crippen LogP contribution in [0.3, 0.4) is 0 Å². The molecule has 1 aliphatic heterocycles. The Hall–Kier alpha value is -1.59. The van der Waals surface area contributed by atoms with Crippen molar-refractivity contribution in [1.29, 1.82) is 0 Å². The van der Waals surface area contributed by atoms with Crippen molar-refractivity contribution in [1.82, 2.24) is 4.90 Å². The minimum atomic E-state index is -0.183. The van der Waals surface area contributed by atoms with Crippen LogP contribution in [0.4, 0.5) is 0 Å². The van der Waals surface area contributed by atoms with Gasteiger partial charge in [0.1, 0.15) is 12.4 Å². The van der Waals surface area contributed by atoms with E-state index in [-0.39, 0.29) is 5.91 Å². The summed E-state index contributed by atoms with van der Waals surface area (Å²) >= 11 is 0. The molecule has 0 radical (unpaired) electrons. The summed E-state index contributed by atoms with van der Waals surface area (Å²) in [6.07, 6.45) is 2.63. The second kappa shape index (κ2) is 8.00. The standard InChI is InChI=1S/C16H25N3O2/c17-12-14-1-3-15(4-2-14)21-10-9-19-7-5-13(6-8-19)11-16(18)20/h1-4,13H,5-12,17H2,(H2,18,20). The van der Waals surface area contributed by atoms with E-state index in [1.54, 1.807) is 0 Å². The van der Waals surface area contributed by atoms with Crippen LogP contribution in [0.25, 0.3) is 0 Å². The van der Waals surface area contributed by atoms with Crippen LogP contribution in [0.15, 0.2) is 24.3 Å². The zero-order valence-electron chi connectivity index (χ0n) is 12.5. The second-order valence-corrected chi connectivity index (χ2v) is 5.65. The Bertz CT molecular complexity index is 439. The summed E-state index contributed by atoms with van der Waals surface area (Å²) in [5, 5.41) is 0. The summed E-state index contributed by atoms with van der Waals surface area (Å²) in [4.78, 5) is 13.3. The number of nitrogens with two attached hydrogens (primary N) is 2. The summed E-state index contributed by atoms with van der Waals surface area (Å²) < 4.78 is 5.74. The molecule has 1 aromatic rings. The van der Waals surface area contributed by atoms with Gasteiger partial charge in [0.15, 0.2) is 0 Å². The highest BCUT2D eigenvalue weighted by atomic mass is 16.5. The van der Waals surface area contributed by atoms with E-state index < -0.39 is 0 Å². The number of carbonyl (C=O) groups is 1. The van der Waals surface area contributed by atoms with E-state index in [1.807, 2.05) is 24.3 Å². The van der Waals surface area contributed by atoms with Crippen molar-refractivity contribution in [3.63, 3.8) is 0 Å². The highest BCUT2D eigenvalue weighted by Gasteiger charge is 2.20. The van der Waals surface area contributed by atoms with Gasteiger partial charge in [0.2, 0.25) is 5.91 Å². The average molecular weight is 291 g/mol. The Morgan fingerprint density at radius 2 is 1.90 bits per heavy atom. The van der Waals surface area contributed by atoms with Gasteiger partial charge in [0.25, 0.3) is 0 Å². The van der Waals surface area contributed by atoms with Crippen molar-refractivity contribution in [2.45, 2.75) is 25.8 Å². The average Bonchev–Trinajstić information content (AvgIpc) is 2.49. The van der Waals surface area contributed by atoms with Crippen molar-refractivity contribution in [2.75, 3.05) is 26.2 Å². The number of nitrogens with zero attached hydrogens (tertiary/aromatic N) is 1. The normalized spacial score (nSPS) is 16.8. The van der Waals surface area contributed by atoms with Crippen molar-refractivity contribution in [3.05, 3.63) is 29.8 Å². The minimum Gasteiger partial charge on any atom is -0.492 e. The SMILES string of the molecule is NCc1ccc(OCCN2CCC(CC(N)=O)CC2)cc1. The third-order valence-electron chi connectivity index (χ3n) is 4.03. The molecule has 1 fully saturated rings. The number of carbonyl (C=O) groups excluding carboxylic acids is 1. The smallest absolute Gasteiger partial charge is 0.217 e. The van der Waals surface area contributed by atoms with Crippen molar-refractivity contribution in [2.24, 2.45) is 17.4 Å². The Morgan fingerprint density at radius 1 is 1.24 bits per heavy atom. The number of hydrogen-bond donors (Lipinski definition) is 2. The Balaban J connectivity index is 1.64. The molecule has 0 aliphatic carbocycles. The first-order valence-corrected chi connectivity index (χ1v) is 7.60. The molecule has 5 nitrogen and oxygen atoms in total. The van der Waals surface area contributed by atoms with Crippen LogP contribution < -0.4 is 16.2 Å². The summed E-state index contributed by atoms with van der Waals surface area (Å²) in [6, 6.07) is 7.90. The van der Waals surface area contributed by atoms with E-state index >= 15 is 0 Å². The zero-order valence-corrected chi connectivity index (χ0v) is 12.5. The molecule has 1 saturated heterocycles. The van der Waals surface area contributed by atoms with Crippen LogP contribution in [0.5, 0.6) is 5.75 Å². The molecule has 116 valence electrons. The van der Waals surface area contributed by atoms with E-state index in [9.17, 15) is 4.79 Å². The molecule has 21 heavy (non-hydrogen) atoms. The van der Waals surface area contributed by atoms with Crippen LogP contribution in [0.1, 0.15) is 24.8 Å². The zero-order chi connectivity index (χ0) is 15.1. The molecule has 1 aromatic carbocycles. The molecule has 0 unspecified atom stereocenters. The van der Waals surface area contributed by atoms with Crippen LogP contribution in [0.2, 0.25) is 0 Å². The van der Waals surface area contributed by atoms with Gasteiger partial charge in [-0.2, -0.15) is 0 Å². The number of hydrogen-bond acceptors (Lipinski definition) is 4. The molecular formula is C16H25N3O2. The molecule has 0 saturated carbocycles. The van der Waals surface area contributed by atoms with Crippen LogP contribution in [0, 0.1) is 5.92 Å². The van der Waals surface area contributed by atoms with Gasteiger partial charge in [-0.25, -0.2) is 0 Å². The highest BCUT2D eigenvalue weighted by molar-refractivity contribution is 5.73. The fraction of sp³-hybridized carbons (Fsp3) is 0.562. The summed E-state index contributed by atoms with van der Waals surface area (Å²) in [6.45, 7) is 4.20. The number of primary amides is 1. The van der Waals surface area contributed by atoms with E-state index in [1.165, 1.54) is 0 Å². The van der Waals surface area contributed by atoms with E-state index in [4.69, 9.17) is 16.2 Å². The van der Waals surface area contributed by atoms with E-state index in [0.29, 0.717) is 25.5 Å². The predicted molar refractivity (Wildman–Crippen MR) is 82.8 cm³/mol. The number of ether oxygens (including phenoxy) is 1. The van der Waals surface area contributed by atoms with Crippen LogP contribution in [-0.2, 0) is 11.3 Å². The molecule has 0 bridgehead atoms. The largest absolute Gasteiger partial charge is 0.492 e. The first kappa shape index (κ1) is 15.8. The van der Waals surface area contributed by atoms with Gasteiger partial charge in [0.05, 0.1) is 0 Å². The Kier molecular flexibility index (Phi) is 6.02. The number of rotatable bonds is 7. The third kappa shape index (κ3) is 5.36. The lowest BCUT2D eigenvalue weighted by atomic mass is 9.93. The first-order chi connectivity index (χ1) is 10.2. The van der Waals surface area contributed by atoms with Crippen molar-refractivity contribution in [3.8, 4) is 5.75 Å². The molecular weight excluding hydrogens is 266 g/mol. The van der Waals surface area contributed by atoms with Gasteiger partial charge in [-0.05, 0) is 49.5 Å². The number of amides is 1. The summed E-state index contributed by atoms with van der Waals surface area (Å²) in [5.74, 6) is 1.16. The fourth-order valence-electron chi connectivity index (χ4n) is 2.71. The second-order valence-electron chi connectivity index (χ2n) is 5.65. The lowest BCUT2D eigenvalue weighted by molar-refractivity contribution is -0.119. The lowest BCUT2D eigenvalue weighted by Gasteiger charge is -2.31. The lowest BCUT2D eigenvalue weighted by Crippen LogP contribution is -2.37. The van der Waals surface area contributed by atoms with Gasteiger partial charge in [-0.15, -0.1) is 0 Å². The molecule has 0 atom stereocenters. The summed E-state index contributed by atoms with van der Waals surface area (Å²) in [7, 11) is 0. The number of likely N-dealkylation sites (tertiary alicyclic amines) is 1. The van der Waals surface area contributed by atoms with Gasteiger partial charge in [-0.3, -0.25) is 9.69 Å². The van der Waals surface area contributed by atoms with E-state index in [0.717, 1.165) is 43.8 Å². The van der Waals surface area contributed by atoms with Crippen LogP contribution in [-0.4, -0.2) is 37.0 Å². The van der Waals surface area contributed by atoms with Crippen molar-refractivity contribution >= 4 is 5.91 Å². The molecule has 1 aliphatic rings. The first-order valence-electron chi connectivity index (χ1n) is 7.60. The molecule has 0 aromatic heterocycles. The highest BCUT2D eigenvalue weighted by Crippen LogP contribution is 2.20. The topological polar surface area (TPSA) is 81.6 Å². The summed E-state index contributed by atoms with van der Waals surface area (Å²) in [5.41, 5.74) is 11.9. The number of benzene rings is 1. The maximum absolute atomic E-state index is 10.9. The monoisotopic (exact) mass is 291 g/mol. The molecule has 5 heteroatoms. The molecule has 0 spiro atoms.